The molecule has 3 fully saturated rings. The highest BCUT2D eigenvalue weighted by Crippen LogP contribution is 2.43. The van der Waals surface area contributed by atoms with Crippen LogP contribution in [-0.2, 0) is 27.7 Å². The molecule has 4 aliphatic rings. The van der Waals surface area contributed by atoms with E-state index < -0.39 is 19.1 Å². The Morgan fingerprint density at radius 3 is 2.35 bits per heavy atom. The zero-order chi connectivity index (χ0) is 49.6. The van der Waals surface area contributed by atoms with Crippen molar-refractivity contribution in [3.8, 4) is 28.0 Å². The van der Waals surface area contributed by atoms with E-state index in [0.717, 1.165) is 86.7 Å². The van der Waals surface area contributed by atoms with E-state index in [2.05, 4.69) is 74.9 Å². The van der Waals surface area contributed by atoms with Gasteiger partial charge in [0.15, 0.2) is 0 Å². The summed E-state index contributed by atoms with van der Waals surface area (Å²) in [6.07, 6.45) is 8.19. The fraction of sp³-hybridized carbons (Fsp3) is 0.346. The Balaban J connectivity index is 0.796. The van der Waals surface area contributed by atoms with E-state index in [0.29, 0.717) is 74.2 Å². The number of methoxy groups -OCH3 is 1. The van der Waals surface area contributed by atoms with Crippen LogP contribution >= 0.6 is 23.1 Å². The predicted octanol–water partition coefficient (Wildman–Crippen LogP) is 7.99. The van der Waals surface area contributed by atoms with Crippen molar-refractivity contribution in [1.29, 1.82) is 0 Å². The Morgan fingerprint density at radius 1 is 0.845 bits per heavy atom. The molecule has 2 aromatic heterocycles. The Kier molecular flexibility index (Phi) is 13.4. The van der Waals surface area contributed by atoms with Gasteiger partial charge in [-0.25, -0.2) is 9.37 Å². The fourth-order valence-electron chi connectivity index (χ4n) is 10.3. The van der Waals surface area contributed by atoms with Crippen molar-refractivity contribution >= 4 is 80.6 Å². The third-order valence-corrected chi connectivity index (χ3v) is 16.2. The SMILES string of the molecule is COc1cc(N2CCC(CN3CCN(c4ccc5c(c4)CN([C@H]4CCC(=O)NC4=O)C5=O)CC3)CC2)c(-c2cnn(C)c2)cc1Nc1ncc(Br)c(Nc2ccc(-c3ccccc3F)cc2P(C)(C)=O)n1. The number of imide groups is 1. The van der Waals surface area contributed by atoms with Gasteiger partial charge in [-0.05, 0) is 108 Å². The lowest BCUT2D eigenvalue weighted by molar-refractivity contribution is -0.136. The Bertz CT molecular complexity index is 3090. The molecule has 10 rings (SSSR count). The highest BCUT2D eigenvalue weighted by atomic mass is 79.9. The van der Waals surface area contributed by atoms with Crippen LogP contribution in [0.4, 0.5) is 38.9 Å². The highest BCUT2D eigenvalue weighted by molar-refractivity contribution is 9.10. The molecule has 0 radical (unpaired) electrons. The van der Waals surface area contributed by atoms with Crippen LogP contribution in [0.5, 0.6) is 5.75 Å². The topological polar surface area (TPSA) is 170 Å². The second-order valence-electron chi connectivity index (χ2n) is 19.1. The van der Waals surface area contributed by atoms with Gasteiger partial charge in [0.1, 0.15) is 30.6 Å². The summed E-state index contributed by atoms with van der Waals surface area (Å²) in [4.78, 5) is 56.0. The highest BCUT2D eigenvalue weighted by Gasteiger charge is 2.39. The number of piperazine rings is 1. The number of amides is 3. The van der Waals surface area contributed by atoms with Crippen molar-refractivity contribution in [2.24, 2.45) is 13.0 Å². The minimum atomic E-state index is -2.84. The zero-order valence-corrected chi connectivity index (χ0v) is 42.6. The summed E-state index contributed by atoms with van der Waals surface area (Å²) < 4.78 is 36.8. The number of fused-ring (bicyclic) bond motifs is 1. The quantitative estimate of drug-likeness (QED) is 0.0753. The molecule has 0 saturated carbocycles. The number of piperidine rings is 2. The average Bonchev–Trinajstić information content (AvgIpc) is 3.94. The van der Waals surface area contributed by atoms with Gasteiger partial charge in [-0.2, -0.15) is 10.1 Å². The van der Waals surface area contributed by atoms with Crippen molar-refractivity contribution < 1.29 is 28.1 Å². The summed E-state index contributed by atoms with van der Waals surface area (Å²) in [6.45, 7) is 10.2. The first-order valence-electron chi connectivity index (χ1n) is 23.9. The summed E-state index contributed by atoms with van der Waals surface area (Å²) >= 11 is 3.60. The molecule has 368 valence electrons. The van der Waals surface area contributed by atoms with Crippen molar-refractivity contribution in [2.75, 3.05) is 86.7 Å². The third kappa shape index (κ3) is 10.2. The summed E-state index contributed by atoms with van der Waals surface area (Å²) in [6, 6.07) is 21.4. The van der Waals surface area contributed by atoms with Crippen LogP contribution in [-0.4, -0.2) is 120 Å². The summed E-state index contributed by atoms with van der Waals surface area (Å²) in [5.74, 6) is 0.738. The third-order valence-electron chi connectivity index (χ3n) is 14.1. The molecule has 6 aromatic rings. The minimum Gasteiger partial charge on any atom is -0.494 e. The van der Waals surface area contributed by atoms with Gasteiger partial charge in [0.25, 0.3) is 5.91 Å². The lowest BCUT2D eigenvalue weighted by Gasteiger charge is -2.40. The number of nitrogens with zero attached hydrogens (tertiary/aromatic N) is 8. The van der Waals surface area contributed by atoms with Gasteiger partial charge < -0.3 is 34.6 Å². The second kappa shape index (κ2) is 19.9. The van der Waals surface area contributed by atoms with Gasteiger partial charge in [0.2, 0.25) is 17.8 Å². The smallest absolute Gasteiger partial charge is 0.255 e. The number of aryl methyl sites for hydroxylation is 1. The molecule has 6 heterocycles. The molecule has 19 heteroatoms. The zero-order valence-electron chi connectivity index (χ0n) is 40.1. The van der Waals surface area contributed by atoms with E-state index >= 15 is 0 Å². The molecule has 3 amide bonds. The van der Waals surface area contributed by atoms with Crippen LogP contribution in [0.2, 0.25) is 0 Å². The molecule has 71 heavy (non-hydrogen) atoms. The van der Waals surface area contributed by atoms with E-state index in [1.807, 2.05) is 31.6 Å². The maximum atomic E-state index is 14.8. The van der Waals surface area contributed by atoms with Gasteiger partial charge in [-0.15, -0.1) is 0 Å². The number of hydrogen-bond donors (Lipinski definition) is 3. The first-order valence-corrected chi connectivity index (χ1v) is 27.3. The van der Waals surface area contributed by atoms with Crippen molar-refractivity contribution in [2.45, 2.75) is 38.3 Å². The van der Waals surface area contributed by atoms with Crippen LogP contribution in [0.25, 0.3) is 22.3 Å². The van der Waals surface area contributed by atoms with Gasteiger partial charge in [0, 0.05) is 123 Å². The van der Waals surface area contributed by atoms with Crippen molar-refractivity contribution in [3.05, 3.63) is 113 Å². The molecular weight excluding hydrogens is 989 g/mol. The summed E-state index contributed by atoms with van der Waals surface area (Å²) in [5.41, 5.74) is 7.97. The largest absolute Gasteiger partial charge is 0.494 e. The molecule has 0 aliphatic carbocycles. The number of carbonyl (C=O) groups is 3. The maximum Gasteiger partial charge on any atom is 0.255 e. The second-order valence-corrected chi connectivity index (χ2v) is 23.2. The normalized spacial score (nSPS) is 17.9. The molecule has 0 spiro atoms. The number of hydrogen-bond acceptors (Lipinski definition) is 13. The van der Waals surface area contributed by atoms with Gasteiger partial charge in [-0.1, -0.05) is 24.3 Å². The fourth-order valence-corrected chi connectivity index (χ4v) is 11.7. The number of nitrogens with one attached hydrogen (secondary N) is 3. The maximum absolute atomic E-state index is 14.8. The lowest BCUT2D eigenvalue weighted by atomic mass is 9.94. The first-order chi connectivity index (χ1) is 34.2. The molecular formula is C52H56BrFN11O5P. The molecule has 0 bridgehead atoms. The molecule has 3 N–H and O–H groups in total. The standard InChI is InChI=1S/C52H56BrFN11O5P/c1-61-30-35(27-56-61)39-25-43(58-52-55-28-40(53)49(60-52)57-42-12-9-33(24-47(42)71(3,4)69)37-7-5-6-8-41(37)54)46(70-2)26-45(39)64-17-15-32(16-18-64)29-62-19-21-63(22-20-62)36-10-11-38-34(23-36)31-65(51(38)68)44-13-14-48(66)59-50(44)67/h5-12,23-28,30,32,44H,13-22,29,31H2,1-4H3,(H,59,66,67)(H2,55,57,58,60)/t44-/m0/s1. The van der Waals surface area contributed by atoms with Crippen molar-refractivity contribution in [1.82, 2.24) is 34.9 Å². The molecule has 3 saturated heterocycles. The van der Waals surface area contributed by atoms with Crippen LogP contribution in [0, 0.1) is 11.7 Å². The monoisotopic (exact) mass is 1040 g/mol. The number of aromatic nitrogens is 4. The molecule has 16 nitrogen and oxygen atoms in total. The van der Waals surface area contributed by atoms with Crippen LogP contribution in [0.15, 0.2) is 95.9 Å². The van der Waals surface area contributed by atoms with Gasteiger partial charge >= 0.3 is 0 Å². The van der Waals surface area contributed by atoms with Crippen LogP contribution in [0.1, 0.15) is 41.6 Å². The molecule has 4 aliphatic heterocycles. The number of carbonyl (C=O) groups excluding carboxylic acids is 3. The van der Waals surface area contributed by atoms with Crippen LogP contribution in [0.3, 0.4) is 0 Å². The number of ether oxygens (including phenoxy) is 1. The molecule has 1 atom stereocenters. The van der Waals surface area contributed by atoms with E-state index in [1.165, 1.54) is 6.07 Å². The average molecular weight is 1040 g/mol. The van der Waals surface area contributed by atoms with E-state index in [4.69, 9.17) is 9.72 Å². The molecule has 4 aromatic carbocycles. The number of halogens is 2. The predicted molar refractivity (Wildman–Crippen MR) is 278 cm³/mol. The van der Waals surface area contributed by atoms with Crippen LogP contribution < -0.4 is 35.8 Å². The Labute approximate surface area is 420 Å². The van der Waals surface area contributed by atoms with E-state index in [9.17, 15) is 23.3 Å². The minimum absolute atomic E-state index is 0.152. The van der Waals surface area contributed by atoms with E-state index in [1.54, 1.807) is 72.6 Å². The van der Waals surface area contributed by atoms with Gasteiger partial charge in [0.05, 0.1) is 29.2 Å². The Morgan fingerprint density at radius 2 is 1.63 bits per heavy atom. The summed E-state index contributed by atoms with van der Waals surface area (Å²) in [7, 11) is 0.714. The number of rotatable bonds is 13. The Hall–Kier alpha value is -6.62. The van der Waals surface area contributed by atoms with Gasteiger partial charge in [-0.3, -0.25) is 29.3 Å². The number of benzene rings is 4. The summed E-state index contributed by atoms with van der Waals surface area (Å²) in [5, 5.41) is 14.2. The number of anilines is 6. The lowest BCUT2D eigenvalue weighted by Crippen LogP contribution is -2.52. The first kappa shape index (κ1) is 48.0. The van der Waals surface area contributed by atoms with E-state index in [-0.39, 0.29) is 24.1 Å². The molecule has 0 unspecified atom stereocenters. The van der Waals surface area contributed by atoms with Crippen molar-refractivity contribution in [3.63, 3.8) is 0 Å².